The van der Waals surface area contributed by atoms with Gasteiger partial charge < -0.3 is 24.6 Å². The number of hydrogen-bond acceptors (Lipinski definition) is 4. The molecular formula is C26H30N3O3+. The van der Waals surface area contributed by atoms with E-state index in [4.69, 9.17) is 9.47 Å². The Labute approximate surface area is 189 Å². The molecule has 1 saturated heterocycles. The number of piperazine rings is 1. The zero-order chi connectivity index (χ0) is 22.3. The lowest BCUT2D eigenvalue weighted by molar-refractivity contribution is -0.914. The maximum atomic E-state index is 12.6. The Bertz CT molecular complexity index is 1030. The number of anilines is 2. The van der Waals surface area contributed by atoms with Crippen LogP contribution in [0.15, 0.2) is 72.8 Å². The second kappa shape index (κ2) is 10.2. The smallest absolute Gasteiger partial charge is 0.255 e. The van der Waals surface area contributed by atoms with E-state index >= 15 is 0 Å². The first-order valence-corrected chi connectivity index (χ1v) is 10.9. The van der Waals surface area contributed by atoms with Crippen LogP contribution in [0.3, 0.4) is 0 Å². The van der Waals surface area contributed by atoms with E-state index in [2.05, 4.69) is 52.7 Å². The lowest BCUT2D eigenvalue weighted by Gasteiger charge is -2.33. The Balaban J connectivity index is 1.32. The van der Waals surface area contributed by atoms with Crippen LogP contribution in [-0.2, 0) is 6.54 Å². The number of quaternary nitrogens is 1. The van der Waals surface area contributed by atoms with E-state index in [9.17, 15) is 4.79 Å². The van der Waals surface area contributed by atoms with E-state index in [0.29, 0.717) is 17.1 Å². The van der Waals surface area contributed by atoms with Crippen LogP contribution < -0.4 is 24.6 Å². The molecule has 166 valence electrons. The lowest BCUT2D eigenvalue weighted by Crippen LogP contribution is -3.13. The van der Waals surface area contributed by atoms with Gasteiger partial charge in [-0.1, -0.05) is 30.3 Å². The Morgan fingerprint density at radius 1 is 0.906 bits per heavy atom. The quantitative estimate of drug-likeness (QED) is 0.603. The molecule has 6 heteroatoms. The van der Waals surface area contributed by atoms with Crippen LogP contribution in [0.25, 0.3) is 0 Å². The lowest BCUT2D eigenvalue weighted by atomic mass is 10.1. The summed E-state index contributed by atoms with van der Waals surface area (Å²) in [5.74, 6) is 0.944. The van der Waals surface area contributed by atoms with Crippen LogP contribution in [0.2, 0.25) is 0 Å². The van der Waals surface area contributed by atoms with Crippen LogP contribution in [0.4, 0.5) is 11.4 Å². The molecule has 0 spiro atoms. The second-order valence-electron chi connectivity index (χ2n) is 7.97. The third-order valence-corrected chi connectivity index (χ3v) is 5.90. The molecule has 4 rings (SSSR count). The number of carbonyl (C=O) groups excluding carboxylic acids is 1. The zero-order valence-electron chi connectivity index (χ0n) is 18.6. The Hall–Kier alpha value is -3.51. The van der Waals surface area contributed by atoms with Crippen molar-refractivity contribution in [3.05, 3.63) is 83.9 Å². The summed E-state index contributed by atoms with van der Waals surface area (Å²) in [7, 11) is 3.13. The van der Waals surface area contributed by atoms with E-state index in [1.165, 1.54) is 11.3 Å². The fourth-order valence-electron chi connectivity index (χ4n) is 4.08. The van der Waals surface area contributed by atoms with Crippen molar-refractivity contribution >= 4 is 17.3 Å². The molecule has 1 aliphatic rings. The highest BCUT2D eigenvalue weighted by Gasteiger charge is 2.20. The molecule has 0 bridgehead atoms. The molecule has 0 aliphatic carbocycles. The molecule has 3 aromatic rings. The van der Waals surface area contributed by atoms with Crippen molar-refractivity contribution in [3.8, 4) is 11.5 Å². The number of ether oxygens (including phenoxy) is 2. The molecule has 0 saturated carbocycles. The van der Waals surface area contributed by atoms with E-state index in [0.717, 1.165) is 38.4 Å². The summed E-state index contributed by atoms with van der Waals surface area (Å²) in [4.78, 5) is 16.7. The monoisotopic (exact) mass is 432 g/mol. The van der Waals surface area contributed by atoms with Crippen molar-refractivity contribution in [3.63, 3.8) is 0 Å². The van der Waals surface area contributed by atoms with Crippen LogP contribution >= 0.6 is 0 Å². The van der Waals surface area contributed by atoms with Gasteiger partial charge in [0.05, 0.1) is 40.4 Å². The van der Waals surface area contributed by atoms with E-state index in [1.54, 1.807) is 37.3 Å². The van der Waals surface area contributed by atoms with Gasteiger partial charge in [0.2, 0.25) is 0 Å². The van der Waals surface area contributed by atoms with Gasteiger partial charge >= 0.3 is 0 Å². The number of rotatable bonds is 7. The Morgan fingerprint density at radius 2 is 1.59 bits per heavy atom. The largest absolute Gasteiger partial charge is 0.493 e. The molecule has 0 aromatic heterocycles. The van der Waals surface area contributed by atoms with Gasteiger partial charge in [0, 0.05) is 22.5 Å². The number of amides is 1. The van der Waals surface area contributed by atoms with E-state index in [-0.39, 0.29) is 5.91 Å². The van der Waals surface area contributed by atoms with E-state index < -0.39 is 0 Å². The Kier molecular flexibility index (Phi) is 6.92. The van der Waals surface area contributed by atoms with Crippen LogP contribution in [0.5, 0.6) is 11.5 Å². The summed E-state index contributed by atoms with van der Waals surface area (Å²) in [5.41, 5.74) is 3.87. The minimum atomic E-state index is -0.183. The average molecular weight is 433 g/mol. The zero-order valence-corrected chi connectivity index (χ0v) is 18.6. The first-order valence-electron chi connectivity index (χ1n) is 10.9. The number of benzene rings is 3. The van der Waals surface area contributed by atoms with Gasteiger partial charge in [-0.3, -0.25) is 4.79 Å². The maximum absolute atomic E-state index is 12.6. The van der Waals surface area contributed by atoms with Crippen LogP contribution in [0, 0.1) is 0 Å². The topological polar surface area (TPSA) is 55.2 Å². The first kappa shape index (κ1) is 21.7. The van der Waals surface area contributed by atoms with Gasteiger partial charge in [0.15, 0.2) is 11.5 Å². The summed E-state index contributed by atoms with van der Waals surface area (Å²) < 4.78 is 10.5. The number of nitrogens with zero attached hydrogens (tertiary/aromatic N) is 1. The minimum absolute atomic E-state index is 0.183. The molecule has 1 aliphatic heterocycles. The van der Waals surface area contributed by atoms with Gasteiger partial charge in [-0.2, -0.15) is 0 Å². The van der Waals surface area contributed by atoms with Gasteiger partial charge in [-0.05, 0) is 42.5 Å². The predicted molar refractivity (Wildman–Crippen MR) is 127 cm³/mol. The fraction of sp³-hybridized carbons (Fsp3) is 0.269. The second-order valence-corrected chi connectivity index (χ2v) is 7.97. The molecule has 1 heterocycles. The first-order chi connectivity index (χ1) is 15.7. The number of hydrogen-bond donors (Lipinski definition) is 2. The molecule has 0 radical (unpaired) electrons. The Morgan fingerprint density at radius 3 is 2.25 bits per heavy atom. The third-order valence-electron chi connectivity index (χ3n) is 5.90. The van der Waals surface area contributed by atoms with Gasteiger partial charge in [-0.15, -0.1) is 0 Å². The SMILES string of the molecule is COc1ccc(C(=O)Nc2ccc(N3CC[NH+](Cc4ccccc4)CC3)cc2)cc1OC. The van der Waals surface area contributed by atoms with Crippen molar-refractivity contribution in [1.29, 1.82) is 0 Å². The van der Waals surface area contributed by atoms with Gasteiger partial charge in [-0.25, -0.2) is 0 Å². The highest BCUT2D eigenvalue weighted by atomic mass is 16.5. The van der Waals surface area contributed by atoms with Crippen LogP contribution in [0.1, 0.15) is 15.9 Å². The number of carbonyl (C=O) groups is 1. The maximum Gasteiger partial charge on any atom is 0.255 e. The normalized spacial score (nSPS) is 14.1. The molecule has 0 unspecified atom stereocenters. The standard InChI is InChI=1S/C26H29N3O3/c1-31-24-13-8-21(18-25(24)32-2)26(30)27-22-9-11-23(12-10-22)29-16-14-28(15-17-29)19-20-6-4-3-5-7-20/h3-13,18H,14-17,19H2,1-2H3,(H,27,30)/p+1. The molecule has 0 atom stereocenters. The van der Waals surface area contributed by atoms with Crippen molar-refractivity contribution in [2.24, 2.45) is 0 Å². The van der Waals surface area contributed by atoms with Crippen molar-refractivity contribution in [1.82, 2.24) is 0 Å². The molecule has 32 heavy (non-hydrogen) atoms. The van der Waals surface area contributed by atoms with Gasteiger partial charge in [0.25, 0.3) is 5.91 Å². The summed E-state index contributed by atoms with van der Waals surface area (Å²) in [5, 5.41) is 2.95. The molecule has 1 amide bonds. The fourth-order valence-corrected chi connectivity index (χ4v) is 4.08. The summed E-state index contributed by atoms with van der Waals surface area (Å²) in [6.07, 6.45) is 0. The van der Waals surface area contributed by atoms with Crippen molar-refractivity contribution in [2.75, 3.05) is 50.6 Å². The average Bonchev–Trinajstić information content (AvgIpc) is 2.85. The van der Waals surface area contributed by atoms with E-state index in [1.807, 2.05) is 12.1 Å². The van der Waals surface area contributed by atoms with Crippen molar-refractivity contribution in [2.45, 2.75) is 6.54 Å². The summed E-state index contributed by atoms with van der Waals surface area (Å²) >= 11 is 0. The molecule has 2 N–H and O–H groups in total. The molecule has 6 nitrogen and oxygen atoms in total. The highest BCUT2D eigenvalue weighted by molar-refractivity contribution is 6.04. The molecular weight excluding hydrogens is 402 g/mol. The van der Waals surface area contributed by atoms with Crippen molar-refractivity contribution < 1.29 is 19.2 Å². The summed E-state index contributed by atoms with van der Waals surface area (Å²) in [6, 6.07) is 23.9. The summed E-state index contributed by atoms with van der Waals surface area (Å²) in [6.45, 7) is 5.37. The minimum Gasteiger partial charge on any atom is -0.493 e. The molecule has 3 aromatic carbocycles. The predicted octanol–water partition coefficient (Wildman–Crippen LogP) is 2.86. The molecule has 1 fully saturated rings. The van der Waals surface area contributed by atoms with Crippen LogP contribution in [-0.4, -0.2) is 46.3 Å². The number of methoxy groups -OCH3 is 2. The highest BCUT2D eigenvalue weighted by Crippen LogP contribution is 2.28. The van der Waals surface area contributed by atoms with Gasteiger partial charge in [0.1, 0.15) is 6.54 Å². The number of nitrogens with one attached hydrogen (secondary N) is 2. The third kappa shape index (κ3) is 5.21.